The molecule has 1 aromatic heterocycles. The van der Waals surface area contributed by atoms with Gasteiger partial charge in [0.15, 0.2) is 0 Å². The van der Waals surface area contributed by atoms with E-state index < -0.39 is 48.1 Å². The molecule has 0 bridgehead atoms. The number of thiophene rings is 1. The molecule has 2 aromatic rings. The number of hydrogen-bond acceptors (Lipinski definition) is 6. The maximum atomic E-state index is 14.3. The highest BCUT2D eigenvalue weighted by Gasteiger charge is 2.51. The van der Waals surface area contributed by atoms with Gasteiger partial charge in [-0.15, -0.1) is 11.3 Å². The van der Waals surface area contributed by atoms with E-state index in [1.54, 1.807) is 25.7 Å². The van der Waals surface area contributed by atoms with Gasteiger partial charge in [0.1, 0.15) is 12.1 Å². The van der Waals surface area contributed by atoms with Crippen molar-refractivity contribution in [2.75, 3.05) is 26.2 Å². The van der Waals surface area contributed by atoms with Crippen molar-refractivity contribution in [1.82, 2.24) is 20.0 Å². The predicted molar refractivity (Wildman–Crippen MR) is 159 cm³/mol. The lowest BCUT2D eigenvalue weighted by Gasteiger charge is -2.36. The number of benzene rings is 1. The molecule has 4 heterocycles. The number of likely N-dealkylation sites (tertiary alicyclic amines) is 3. The zero-order chi connectivity index (χ0) is 32.4. The second-order valence-electron chi connectivity index (χ2n) is 13.0. The molecule has 0 spiro atoms. The molecular weight excluding hydrogens is 617 g/mol. The van der Waals surface area contributed by atoms with Gasteiger partial charge in [0.25, 0.3) is 5.91 Å². The Morgan fingerprint density at radius 3 is 2.39 bits per heavy atom. The molecule has 1 aromatic carbocycles. The maximum Gasteiger partial charge on any atom is 0.399 e. The first-order valence-electron chi connectivity index (χ1n) is 14.5. The second-order valence-corrected chi connectivity index (χ2v) is 15.7. The fourth-order valence-corrected chi connectivity index (χ4v) is 7.98. The molecule has 11 nitrogen and oxygen atoms in total. The van der Waals surface area contributed by atoms with Crippen LogP contribution in [-0.2, 0) is 24.6 Å². The maximum absolute atomic E-state index is 14.3. The van der Waals surface area contributed by atoms with E-state index in [9.17, 15) is 32.5 Å². The van der Waals surface area contributed by atoms with Gasteiger partial charge in [-0.2, -0.15) is 8.78 Å². The number of halogens is 2. The zero-order valence-electron chi connectivity index (χ0n) is 25.0. The first-order valence-corrected chi connectivity index (χ1v) is 17.0. The van der Waals surface area contributed by atoms with Crippen LogP contribution in [0.3, 0.4) is 0 Å². The fraction of sp³-hybridized carbons (Fsp3) is 0.586. The summed E-state index contributed by atoms with van der Waals surface area (Å²) in [5.74, 6) is -0.945. The average Bonchev–Trinajstić information content (AvgIpc) is 3.71. The van der Waals surface area contributed by atoms with Crippen LogP contribution in [0.4, 0.5) is 8.78 Å². The Labute approximate surface area is 257 Å². The Morgan fingerprint density at radius 1 is 1.05 bits per heavy atom. The minimum Gasteiger partial charge on any atom is -0.339 e. The van der Waals surface area contributed by atoms with E-state index in [0.717, 1.165) is 29.9 Å². The molecule has 4 atom stereocenters. The Hall–Kier alpha value is -2.93. The van der Waals surface area contributed by atoms with Crippen molar-refractivity contribution in [1.29, 1.82) is 0 Å². The van der Waals surface area contributed by atoms with Gasteiger partial charge in [0, 0.05) is 49.3 Å². The minimum atomic E-state index is -5.77. The summed E-state index contributed by atoms with van der Waals surface area (Å²) >= 11 is 0.997. The molecule has 0 aliphatic carbocycles. The van der Waals surface area contributed by atoms with Gasteiger partial charge in [-0.05, 0) is 48.3 Å². The zero-order valence-corrected chi connectivity index (χ0v) is 26.7. The van der Waals surface area contributed by atoms with Crippen molar-refractivity contribution in [3.05, 3.63) is 34.7 Å². The summed E-state index contributed by atoms with van der Waals surface area (Å²) < 4.78 is 40.3. The van der Waals surface area contributed by atoms with Gasteiger partial charge in [-0.1, -0.05) is 26.8 Å². The summed E-state index contributed by atoms with van der Waals surface area (Å²) in [5, 5.41) is 3.00. The van der Waals surface area contributed by atoms with Crippen LogP contribution in [0.2, 0.25) is 0 Å². The predicted octanol–water partition coefficient (Wildman–Crippen LogP) is 3.34. The van der Waals surface area contributed by atoms with Gasteiger partial charge >= 0.3 is 13.3 Å². The molecule has 3 fully saturated rings. The quantitative estimate of drug-likeness (QED) is 0.405. The highest BCUT2D eigenvalue weighted by molar-refractivity contribution is 7.52. The molecule has 3 aliphatic rings. The summed E-state index contributed by atoms with van der Waals surface area (Å²) in [6.45, 7) is 8.94. The van der Waals surface area contributed by atoms with Crippen molar-refractivity contribution in [3.8, 4) is 0 Å². The largest absolute Gasteiger partial charge is 0.399 e. The molecule has 4 amide bonds. The molecule has 5 rings (SSSR count). The third-order valence-electron chi connectivity index (χ3n) is 8.93. The van der Waals surface area contributed by atoms with Crippen LogP contribution in [0, 0.1) is 11.3 Å². The number of fused-ring (bicyclic) bond motifs is 2. The number of carbonyl (C=O) groups is 4. The molecule has 0 radical (unpaired) electrons. The molecule has 3 aliphatic heterocycles. The van der Waals surface area contributed by atoms with Crippen molar-refractivity contribution in [3.63, 3.8) is 0 Å². The summed E-state index contributed by atoms with van der Waals surface area (Å²) in [4.78, 5) is 76.5. The standard InChI is InChI=1S/C29H37F2N4O7PS/c1-16(36)34-11-9-17-14-33(15-21(17)34)26(38)20-6-5-10-35(20)27(39)24(28(2,3)4)32-25(37)23-13-18-12-19(7-8-22(18)44-23)29(30,31)43(40,41)42/h7-8,12-13,17,20-21,24H,5-6,9-11,14-15H2,1-4H3,(H,32,37)(H2,40,41,42)/t17-,20-,21+,24?/m0/s1. The highest BCUT2D eigenvalue weighted by atomic mass is 32.1. The normalized spacial score (nSPS) is 23.3. The first-order chi connectivity index (χ1) is 20.4. The highest BCUT2D eigenvalue weighted by Crippen LogP contribution is 2.59. The first kappa shape index (κ1) is 32.5. The van der Waals surface area contributed by atoms with Gasteiger partial charge < -0.3 is 29.8 Å². The monoisotopic (exact) mass is 654 g/mol. The van der Waals surface area contributed by atoms with Crippen LogP contribution in [0.5, 0.6) is 0 Å². The Kier molecular flexibility index (Phi) is 8.45. The number of alkyl halides is 2. The molecule has 1 unspecified atom stereocenters. The Bertz CT molecular complexity index is 1550. The van der Waals surface area contributed by atoms with Gasteiger partial charge in [0.05, 0.1) is 10.9 Å². The molecular formula is C29H37F2N4O7PS. The van der Waals surface area contributed by atoms with E-state index in [2.05, 4.69) is 5.32 Å². The van der Waals surface area contributed by atoms with E-state index in [1.807, 2.05) is 4.90 Å². The van der Waals surface area contributed by atoms with E-state index in [0.29, 0.717) is 43.7 Å². The van der Waals surface area contributed by atoms with Gasteiger partial charge in [-0.25, -0.2) is 0 Å². The smallest absolute Gasteiger partial charge is 0.339 e. The van der Waals surface area contributed by atoms with Gasteiger partial charge in [0.2, 0.25) is 17.7 Å². The lowest BCUT2D eigenvalue weighted by molar-refractivity contribution is -0.146. The van der Waals surface area contributed by atoms with Crippen LogP contribution in [0.1, 0.15) is 62.2 Å². The number of amides is 4. The van der Waals surface area contributed by atoms with E-state index in [4.69, 9.17) is 9.79 Å². The van der Waals surface area contributed by atoms with Crippen LogP contribution in [0.15, 0.2) is 24.3 Å². The Balaban J connectivity index is 1.32. The minimum absolute atomic E-state index is 0.00798. The fourth-order valence-electron chi connectivity index (χ4n) is 6.56. The summed E-state index contributed by atoms with van der Waals surface area (Å²) in [6, 6.07) is 2.78. The number of nitrogens with one attached hydrogen (secondary N) is 1. The average molecular weight is 655 g/mol. The summed E-state index contributed by atoms with van der Waals surface area (Å²) in [5.41, 5.74) is -6.00. The molecule has 0 saturated carbocycles. The third kappa shape index (κ3) is 5.89. The summed E-state index contributed by atoms with van der Waals surface area (Å²) in [7, 11) is -5.77. The molecule has 15 heteroatoms. The Morgan fingerprint density at radius 2 is 1.75 bits per heavy atom. The van der Waals surface area contributed by atoms with Crippen LogP contribution >= 0.6 is 18.9 Å². The van der Waals surface area contributed by atoms with Crippen LogP contribution < -0.4 is 5.32 Å². The molecule has 240 valence electrons. The van der Waals surface area contributed by atoms with Crippen molar-refractivity contribution < 1.29 is 42.3 Å². The third-order valence-corrected chi connectivity index (χ3v) is 11.0. The lowest BCUT2D eigenvalue weighted by atomic mass is 9.85. The van der Waals surface area contributed by atoms with E-state index >= 15 is 0 Å². The lowest BCUT2D eigenvalue weighted by Crippen LogP contribution is -2.58. The number of rotatable bonds is 6. The number of nitrogens with zero attached hydrogens (tertiary/aromatic N) is 3. The molecule has 3 saturated heterocycles. The number of hydrogen-bond donors (Lipinski definition) is 3. The van der Waals surface area contributed by atoms with Crippen molar-refractivity contribution in [2.45, 2.75) is 70.7 Å². The van der Waals surface area contributed by atoms with Crippen molar-refractivity contribution in [2.24, 2.45) is 11.3 Å². The molecule has 44 heavy (non-hydrogen) atoms. The molecule has 3 N–H and O–H groups in total. The summed E-state index contributed by atoms with van der Waals surface area (Å²) in [6.07, 6.45) is 1.96. The van der Waals surface area contributed by atoms with Crippen LogP contribution in [-0.4, -0.2) is 92.4 Å². The van der Waals surface area contributed by atoms with E-state index in [1.165, 1.54) is 24.0 Å². The SMILES string of the molecule is CC(=O)N1CC[C@H]2CN(C(=O)[C@@H]3CCCN3C(=O)C(NC(=O)c3cc4cc(C(F)(F)P(=O)(O)O)ccc4s3)C(C)(C)C)C[C@H]21. The topological polar surface area (TPSA) is 148 Å². The van der Waals surface area contributed by atoms with Gasteiger partial charge in [-0.3, -0.25) is 23.7 Å². The van der Waals surface area contributed by atoms with Crippen molar-refractivity contribution >= 4 is 52.6 Å². The number of carbonyl (C=O) groups excluding carboxylic acids is 4. The van der Waals surface area contributed by atoms with Crippen LogP contribution in [0.25, 0.3) is 10.1 Å². The van der Waals surface area contributed by atoms with E-state index in [-0.39, 0.29) is 34.0 Å². The second kappa shape index (κ2) is 11.5.